The third-order valence-electron chi connectivity index (χ3n) is 6.58. The van der Waals surface area contributed by atoms with Crippen molar-refractivity contribution in [2.45, 2.75) is 24.4 Å². The Labute approximate surface area is 206 Å². The second-order valence-corrected chi connectivity index (χ2v) is 11.3. The molecule has 0 bridgehead atoms. The van der Waals surface area contributed by atoms with Crippen LogP contribution in [0, 0.1) is 4.77 Å². The Kier molecular flexibility index (Phi) is 6.67. The predicted octanol–water partition coefficient (Wildman–Crippen LogP) is 3.06. The molecule has 180 valence electrons. The van der Waals surface area contributed by atoms with E-state index in [9.17, 15) is 8.42 Å². The van der Waals surface area contributed by atoms with Crippen molar-refractivity contribution >= 4 is 22.2 Å². The van der Waals surface area contributed by atoms with Crippen molar-refractivity contribution in [3.63, 3.8) is 0 Å². The summed E-state index contributed by atoms with van der Waals surface area (Å²) in [7, 11) is -1.39. The molecule has 0 spiro atoms. The fraction of sp³-hybridized carbons (Fsp3) is 0.417. The highest BCUT2D eigenvalue weighted by molar-refractivity contribution is 7.89. The van der Waals surface area contributed by atoms with Crippen LogP contribution < -0.4 is 0 Å². The first kappa shape index (κ1) is 23.4. The van der Waals surface area contributed by atoms with Gasteiger partial charge in [0.2, 0.25) is 14.8 Å². The Hall–Kier alpha value is -2.37. The second kappa shape index (κ2) is 9.71. The average Bonchev–Trinajstić information content (AvgIpc) is 3.51. The number of sulfonamides is 1. The van der Waals surface area contributed by atoms with E-state index in [1.165, 1.54) is 0 Å². The van der Waals surface area contributed by atoms with Gasteiger partial charge in [0.1, 0.15) is 0 Å². The molecule has 2 saturated heterocycles. The third-order valence-corrected chi connectivity index (χ3v) is 8.87. The van der Waals surface area contributed by atoms with Crippen molar-refractivity contribution in [3.05, 3.63) is 59.4 Å². The van der Waals surface area contributed by atoms with Gasteiger partial charge in [-0.2, -0.15) is 4.31 Å². The minimum Gasteiger partial charge on any atom is -0.304 e. The molecule has 34 heavy (non-hydrogen) atoms. The number of benzene rings is 2. The normalized spacial score (nSPS) is 18.5. The molecular weight excluding hydrogens is 468 g/mol. The summed E-state index contributed by atoms with van der Waals surface area (Å²) < 4.78 is 32.3. The van der Waals surface area contributed by atoms with Gasteiger partial charge < -0.3 is 4.90 Å². The Morgan fingerprint density at radius 2 is 1.62 bits per heavy atom. The molecule has 2 aliphatic heterocycles. The number of piperazine rings is 1. The average molecular weight is 499 g/mol. The van der Waals surface area contributed by atoms with E-state index in [0.29, 0.717) is 35.2 Å². The molecule has 2 aliphatic rings. The lowest BCUT2D eigenvalue weighted by molar-refractivity contribution is 0.119. The second-order valence-electron chi connectivity index (χ2n) is 8.98. The molecule has 8 nitrogen and oxygen atoms in total. The number of rotatable bonds is 6. The van der Waals surface area contributed by atoms with Crippen LogP contribution in [-0.2, 0) is 16.7 Å². The molecule has 0 saturated carbocycles. The highest BCUT2D eigenvalue weighted by atomic mass is 32.2. The largest absolute Gasteiger partial charge is 0.304 e. The van der Waals surface area contributed by atoms with Crippen molar-refractivity contribution in [2.75, 3.05) is 46.3 Å². The van der Waals surface area contributed by atoms with Crippen LogP contribution in [0.2, 0.25) is 0 Å². The Morgan fingerprint density at radius 3 is 2.32 bits per heavy atom. The van der Waals surface area contributed by atoms with Gasteiger partial charge in [-0.15, -0.1) is 5.10 Å². The maximum atomic E-state index is 13.2. The standard InChI is InChI=1S/C24H30N6O2S2/c1-26-14-16-27(17-15-26)19-29-24(33)30(21-9-3-2-4-10-21)23(25-29)20-8-7-11-22(18-20)34(31,32)28-12-5-6-13-28/h2-4,7-11,18H,5-6,12-17,19H2,1H3. The van der Waals surface area contributed by atoms with Crippen LogP contribution in [0.3, 0.4) is 0 Å². The minimum absolute atomic E-state index is 0.297. The van der Waals surface area contributed by atoms with Crippen LogP contribution in [0.1, 0.15) is 12.8 Å². The number of aromatic nitrogens is 3. The number of para-hydroxylation sites is 1. The molecule has 0 unspecified atom stereocenters. The quantitative estimate of drug-likeness (QED) is 0.487. The summed E-state index contributed by atoms with van der Waals surface area (Å²) in [6, 6.07) is 17.0. The number of hydrogen-bond donors (Lipinski definition) is 0. The van der Waals surface area contributed by atoms with Gasteiger partial charge in [0, 0.05) is 50.5 Å². The maximum Gasteiger partial charge on any atom is 0.243 e. The van der Waals surface area contributed by atoms with Gasteiger partial charge in [-0.1, -0.05) is 30.3 Å². The van der Waals surface area contributed by atoms with Crippen LogP contribution >= 0.6 is 12.2 Å². The first-order valence-corrected chi connectivity index (χ1v) is 13.5. The van der Waals surface area contributed by atoms with E-state index in [1.54, 1.807) is 22.5 Å². The molecule has 2 fully saturated rings. The molecule has 0 radical (unpaired) electrons. The van der Waals surface area contributed by atoms with Crippen molar-refractivity contribution in [2.24, 2.45) is 0 Å². The summed E-state index contributed by atoms with van der Waals surface area (Å²) in [6.07, 6.45) is 1.81. The van der Waals surface area contributed by atoms with E-state index in [0.717, 1.165) is 50.3 Å². The van der Waals surface area contributed by atoms with Gasteiger partial charge in [-0.25, -0.2) is 13.1 Å². The lowest BCUT2D eigenvalue weighted by atomic mass is 10.2. The van der Waals surface area contributed by atoms with Gasteiger partial charge in [0.05, 0.1) is 11.6 Å². The lowest BCUT2D eigenvalue weighted by Crippen LogP contribution is -2.45. The number of nitrogens with zero attached hydrogens (tertiary/aromatic N) is 6. The van der Waals surface area contributed by atoms with E-state index in [4.69, 9.17) is 17.3 Å². The van der Waals surface area contributed by atoms with Crippen LogP contribution in [0.25, 0.3) is 17.1 Å². The topological polar surface area (TPSA) is 66.6 Å². The fourth-order valence-corrected chi connectivity index (χ4v) is 6.40. The van der Waals surface area contributed by atoms with Crippen LogP contribution in [-0.4, -0.2) is 83.2 Å². The van der Waals surface area contributed by atoms with Gasteiger partial charge in [-0.3, -0.25) is 9.47 Å². The highest BCUT2D eigenvalue weighted by Gasteiger charge is 2.28. The smallest absolute Gasteiger partial charge is 0.243 e. The number of likely N-dealkylation sites (N-methyl/N-ethyl adjacent to an activating group) is 1. The maximum absolute atomic E-state index is 13.2. The first-order chi connectivity index (χ1) is 16.4. The Bertz CT molecular complexity index is 1300. The SMILES string of the molecule is CN1CCN(Cn2nc(-c3cccc(S(=O)(=O)N4CCCC4)c3)n(-c3ccccc3)c2=S)CC1. The van der Waals surface area contributed by atoms with Crippen LogP contribution in [0.4, 0.5) is 0 Å². The summed E-state index contributed by atoms with van der Waals surface area (Å²) in [4.78, 5) is 4.96. The van der Waals surface area contributed by atoms with E-state index in [1.807, 2.05) is 45.6 Å². The molecule has 0 aliphatic carbocycles. The summed E-state index contributed by atoms with van der Waals surface area (Å²) in [5.74, 6) is 0.642. The van der Waals surface area contributed by atoms with Gasteiger partial charge in [-0.05, 0) is 56.4 Å². The van der Waals surface area contributed by atoms with Crippen molar-refractivity contribution in [1.82, 2.24) is 28.5 Å². The molecule has 0 amide bonds. The zero-order chi connectivity index (χ0) is 23.7. The Morgan fingerprint density at radius 1 is 0.912 bits per heavy atom. The van der Waals surface area contributed by atoms with Gasteiger partial charge in [0.15, 0.2) is 5.82 Å². The minimum atomic E-state index is -3.53. The zero-order valence-corrected chi connectivity index (χ0v) is 21.0. The zero-order valence-electron chi connectivity index (χ0n) is 19.4. The molecule has 5 rings (SSSR count). The molecule has 2 aromatic carbocycles. The van der Waals surface area contributed by atoms with Crippen molar-refractivity contribution in [1.29, 1.82) is 0 Å². The summed E-state index contributed by atoms with van der Waals surface area (Å²) in [5, 5.41) is 4.90. The van der Waals surface area contributed by atoms with Gasteiger partial charge in [0.25, 0.3) is 0 Å². The molecule has 1 aromatic heterocycles. The van der Waals surface area contributed by atoms with E-state index < -0.39 is 10.0 Å². The Balaban J connectivity index is 1.56. The monoisotopic (exact) mass is 498 g/mol. The molecule has 3 heterocycles. The lowest BCUT2D eigenvalue weighted by Gasteiger charge is -2.31. The van der Waals surface area contributed by atoms with Gasteiger partial charge >= 0.3 is 0 Å². The highest BCUT2D eigenvalue weighted by Crippen LogP contribution is 2.27. The first-order valence-electron chi connectivity index (χ1n) is 11.7. The van der Waals surface area contributed by atoms with Crippen molar-refractivity contribution in [3.8, 4) is 17.1 Å². The predicted molar refractivity (Wildman–Crippen MR) is 135 cm³/mol. The van der Waals surface area contributed by atoms with E-state index in [-0.39, 0.29) is 0 Å². The molecular formula is C24H30N6O2S2. The molecule has 0 N–H and O–H groups in total. The molecule has 0 atom stereocenters. The number of hydrogen-bond acceptors (Lipinski definition) is 6. The van der Waals surface area contributed by atoms with Crippen molar-refractivity contribution < 1.29 is 8.42 Å². The molecule has 10 heteroatoms. The summed E-state index contributed by atoms with van der Waals surface area (Å²) in [6.45, 7) is 5.68. The summed E-state index contributed by atoms with van der Waals surface area (Å²) in [5.41, 5.74) is 1.63. The molecule has 3 aromatic rings. The fourth-order valence-electron chi connectivity index (χ4n) is 4.55. The third kappa shape index (κ3) is 4.60. The summed E-state index contributed by atoms with van der Waals surface area (Å²) >= 11 is 5.88. The van der Waals surface area contributed by atoms with Crippen LogP contribution in [0.15, 0.2) is 59.5 Å². The van der Waals surface area contributed by atoms with E-state index >= 15 is 0 Å². The van der Waals surface area contributed by atoms with E-state index in [2.05, 4.69) is 16.8 Å². The van der Waals surface area contributed by atoms with Crippen LogP contribution in [0.5, 0.6) is 0 Å².